The average Bonchev–Trinajstić information content (AvgIpc) is 2.29. The molecule has 0 heterocycles. The van der Waals surface area contributed by atoms with Gasteiger partial charge in [0.05, 0.1) is 6.04 Å². The van der Waals surface area contributed by atoms with Gasteiger partial charge in [-0.2, -0.15) is 0 Å². The Balaban J connectivity index is 2.93. The van der Waals surface area contributed by atoms with Crippen LogP contribution in [0.2, 0.25) is 0 Å². The summed E-state index contributed by atoms with van der Waals surface area (Å²) >= 11 is 0. The van der Waals surface area contributed by atoms with Crippen molar-refractivity contribution in [2.24, 2.45) is 11.1 Å². The van der Waals surface area contributed by atoms with E-state index in [4.69, 9.17) is 5.73 Å². The van der Waals surface area contributed by atoms with E-state index in [2.05, 4.69) is 0 Å². The fourth-order valence-corrected chi connectivity index (χ4v) is 1.93. The van der Waals surface area contributed by atoms with E-state index in [1.54, 1.807) is 0 Å². The van der Waals surface area contributed by atoms with Crippen LogP contribution in [0.5, 0.6) is 0 Å². The number of carbonyl (C=O) groups is 1. The lowest BCUT2D eigenvalue weighted by Gasteiger charge is -2.29. The summed E-state index contributed by atoms with van der Waals surface area (Å²) in [6, 6.07) is 9.49. The summed E-state index contributed by atoms with van der Waals surface area (Å²) in [6.07, 6.45) is 0.798. The maximum Gasteiger partial charge on any atom is 0.157 e. The molecule has 1 aromatic rings. The van der Waals surface area contributed by atoms with Gasteiger partial charge in [0.15, 0.2) is 5.78 Å². The first-order chi connectivity index (χ1) is 7.88. The highest BCUT2D eigenvalue weighted by molar-refractivity contribution is 5.90. The van der Waals surface area contributed by atoms with E-state index in [0.717, 1.165) is 12.0 Å². The molecule has 0 aromatic heterocycles. The van der Waals surface area contributed by atoms with Gasteiger partial charge in [-0.1, -0.05) is 58.0 Å². The van der Waals surface area contributed by atoms with Gasteiger partial charge in [0, 0.05) is 5.92 Å². The second-order valence-corrected chi connectivity index (χ2v) is 5.62. The molecular weight excluding hydrogens is 210 g/mol. The number of hydrogen-bond acceptors (Lipinski definition) is 2. The predicted octanol–water partition coefficient (Wildman–Crippen LogP) is 3.12. The zero-order chi connectivity index (χ0) is 13.1. The van der Waals surface area contributed by atoms with Crippen LogP contribution >= 0.6 is 0 Å². The summed E-state index contributed by atoms with van der Waals surface area (Å²) in [5, 5.41) is 0. The Morgan fingerprint density at radius 2 is 1.76 bits per heavy atom. The molecule has 0 aliphatic heterocycles. The summed E-state index contributed by atoms with van der Waals surface area (Å²) in [7, 11) is 0. The first kappa shape index (κ1) is 13.9. The smallest absolute Gasteiger partial charge is 0.157 e. The molecule has 2 heteroatoms. The summed E-state index contributed by atoms with van der Waals surface area (Å²) in [5.74, 6) is 0.0663. The molecule has 0 aliphatic rings. The minimum atomic E-state index is -0.410. The van der Waals surface area contributed by atoms with Crippen molar-refractivity contribution in [1.29, 1.82) is 0 Å². The second-order valence-electron chi connectivity index (χ2n) is 5.62. The number of nitrogens with two attached hydrogens (primary N) is 1. The minimum Gasteiger partial charge on any atom is -0.321 e. The van der Waals surface area contributed by atoms with Crippen molar-refractivity contribution in [3.8, 4) is 0 Å². The highest BCUT2D eigenvalue weighted by Gasteiger charge is 2.32. The lowest BCUT2D eigenvalue weighted by atomic mass is 9.78. The summed E-state index contributed by atoms with van der Waals surface area (Å²) in [5.41, 5.74) is 6.95. The van der Waals surface area contributed by atoms with Gasteiger partial charge in [0.25, 0.3) is 0 Å². The Morgan fingerprint density at radius 1 is 1.24 bits per heavy atom. The van der Waals surface area contributed by atoms with Crippen LogP contribution in [0.25, 0.3) is 0 Å². The maximum atomic E-state index is 12.4. The van der Waals surface area contributed by atoms with Crippen molar-refractivity contribution in [1.82, 2.24) is 0 Å². The Morgan fingerprint density at radius 3 is 2.18 bits per heavy atom. The highest BCUT2D eigenvalue weighted by Crippen LogP contribution is 2.27. The minimum absolute atomic E-state index is 0.0783. The predicted molar refractivity (Wildman–Crippen MR) is 71.9 cm³/mol. The monoisotopic (exact) mass is 233 g/mol. The second kappa shape index (κ2) is 5.46. The van der Waals surface area contributed by atoms with Crippen molar-refractivity contribution in [2.45, 2.75) is 46.1 Å². The van der Waals surface area contributed by atoms with Crippen LogP contribution in [0.15, 0.2) is 30.3 Å². The molecule has 2 unspecified atom stereocenters. The van der Waals surface area contributed by atoms with Crippen LogP contribution in [0.3, 0.4) is 0 Å². The molecule has 0 spiro atoms. The van der Waals surface area contributed by atoms with E-state index in [1.807, 2.05) is 58.0 Å². The van der Waals surface area contributed by atoms with E-state index >= 15 is 0 Å². The summed E-state index contributed by atoms with van der Waals surface area (Å²) in [6.45, 7) is 8.05. The zero-order valence-electron chi connectivity index (χ0n) is 11.2. The fraction of sp³-hybridized carbons (Fsp3) is 0.533. The molecule has 0 fully saturated rings. The molecule has 2 N–H and O–H groups in total. The molecule has 2 atom stereocenters. The Bertz CT molecular complexity index is 364. The van der Waals surface area contributed by atoms with Crippen molar-refractivity contribution in [2.75, 3.05) is 0 Å². The van der Waals surface area contributed by atoms with Crippen molar-refractivity contribution in [3.05, 3.63) is 35.9 Å². The van der Waals surface area contributed by atoms with Gasteiger partial charge in [-0.15, -0.1) is 0 Å². The first-order valence-corrected chi connectivity index (χ1v) is 6.22. The fourth-order valence-electron chi connectivity index (χ4n) is 1.93. The number of carbonyl (C=O) groups excluding carboxylic acids is 1. The molecule has 17 heavy (non-hydrogen) atoms. The molecule has 0 saturated heterocycles. The lowest BCUT2D eigenvalue weighted by Crippen LogP contribution is -2.44. The van der Waals surface area contributed by atoms with Gasteiger partial charge >= 0.3 is 0 Å². The van der Waals surface area contributed by atoms with Gasteiger partial charge in [0.2, 0.25) is 0 Å². The first-order valence-electron chi connectivity index (χ1n) is 6.22. The van der Waals surface area contributed by atoms with E-state index in [-0.39, 0.29) is 17.1 Å². The Kier molecular flexibility index (Phi) is 4.47. The lowest BCUT2D eigenvalue weighted by molar-refractivity contribution is -0.124. The number of Topliss-reactive ketones (excluding diaryl/α,β-unsaturated/α-hetero) is 1. The Labute approximate surface area is 104 Å². The third-order valence-electron chi connectivity index (χ3n) is 3.19. The van der Waals surface area contributed by atoms with E-state index in [1.165, 1.54) is 0 Å². The average molecular weight is 233 g/mol. The molecule has 0 saturated carbocycles. The van der Waals surface area contributed by atoms with Gasteiger partial charge in [-0.05, 0) is 17.4 Å². The van der Waals surface area contributed by atoms with E-state index in [0.29, 0.717) is 0 Å². The van der Waals surface area contributed by atoms with Crippen LogP contribution in [-0.4, -0.2) is 11.8 Å². The molecule has 94 valence electrons. The van der Waals surface area contributed by atoms with Gasteiger partial charge < -0.3 is 5.73 Å². The largest absolute Gasteiger partial charge is 0.321 e. The molecule has 0 radical (unpaired) electrons. The SMILES string of the molecule is CCC(C(=O)C(N)C(C)(C)C)c1ccccc1. The van der Waals surface area contributed by atoms with E-state index < -0.39 is 6.04 Å². The third-order valence-corrected chi connectivity index (χ3v) is 3.19. The Hall–Kier alpha value is -1.15. The van der Waals surface area contributed by atoms with Crippen LogP contribution in [0, 0.1) is 5.41 Å². The number of rotatable bonds is 4. The molecule has 0 bridgehead atoms. The number of ketones is 1. The normalized spacial score (nSPS) is 15.4. The molecule has 0 amide bonds. The van der Waals surface area contributed by atoms with Crippen molar-refractivity contribution in [3.63, 3.8) is 0 Å². The van der Waals surface area contributed by atoms with Gasteiger partial charge in [0.1, 0.15) is 0 Å². The molecular formula is C15H23NO. The standard InChI is InChI=1S/C15H23NO/c1-5-12(11-9-7-6-8-10-11)13(17)14(16)15(2,3)4/h6-10,12,14H,5,16H2,1-4H3. The zero-order valence-corrected chi connectivity index (χ0v) is 11.2. The quantitative estimate of drug-likeness (QED) is 0.868. The molecule has 1 rings (SSSR count). The topological polar surface area (TPSA) is 43.1 Å². The molecule has 2 nitrogen and oxygen atoms in total. The number of hydrogen-bond donors (Lipinski definition) is 1. The number of benzene rings is 1. The van der Waals surface area contributed by atoms with Gasteiger partial charge in [-0.25, -0.2) is 0 Å². The summed E-state index contributed by atoms with van der Waals surface area (Å²) < 4.78 is 0. The third kappa shape index (κ3) is 3.40. The molecule has 0 aliphatic carbocycles. The highest BCUT2D eigenvalue weighted by atomic mass is 16.1. The van der Waals surface area contributed by atoms with Crippen LogP contribution in [0.1, 0.15) is 45.6 Å². The van der Waals surface area contributed by atoms with Gasteiger partial charge in [-0.3, -0.25) is 4.79 Å². The van der Waals surface area contributed by atoms with Crippen LogP contribution < -0.4 is 5.73 Å². The van der Waals surface area contributed by atoms with Crippen molar-refractivity contribution < 1.29 is 4.79 Å². The van der Waals surface area contributed by atoms with Crippen molar-refractivity contribution >= 4 is 5.78 Å². The maximum absolute atomic E-state index is 12.4. The van der Waals surface area contributed by atoms with Crippen LogP contribution in [-0.2, 0) is 4.79 Å². The van der Waals surface area contributed by atoms with Crippen LogP contribution in [0.4, 0.5) is 0 Å². The van der Waals surface area contributed by atoms with E-state index in [9.17, 15) is 4.79 Å². The summed E-state index contributed by atoms with van der Waals surface area (Å²) in [4.78, 5) is 12.4. The molecule has 1 aromatic carbocycles.